The Morgan fingerprint density at radius 2 is 1.95 bits per heavy atom. The molecule has 4 heteroatoms. The molecule has 0 aliphatic rings. The number of rotatable bonds is 5. The summed E-state index contributed by atoms with van der Waals surface area (Å²) in [5.41, 5.74) is 1.10. The van der Waals surface area contributed by atoms with Gasteiger partial charge in [0.25, 0.3) is 0 Å². The van der Waals surface area contributed by atoms with Crippen molar-refractivity contribution < 1.29 is 9.53 Å². The lowest BCUT2D eigenvalue weighted by Crippen LogP contribution is -2.22. The fraction of sp³-hybridized carbons (Fsp3) is 0.267. The van der Waals surface area contributed by atoms with E-state index in [1.54, 1.807) is 7.11 Å². The molecular weight excluding hydrogens is 306 g/mol. The highest BCUT2D eigenvalue weighted by Crippen LogP contribution is 2.21. The third kappa shape index (κ3) is 3.70. The van der Waals surface area contributed by atoms with Crippen LogP contribution in [0.25, 0.3) is 10.8 Å². The number of carbonyl (C=O) groups is 1. The van der Waals surface area contributed by atoms with Crippen molar-refractivity contribution in [3.8, 4) is 5.75 Å². The van der Waals surface area contributed by atoms with Crippen molar-refractivity contribution in [2.45, 2.75) is 13.0 Å². The van der Waals surface area contributed by atoms with Crippen LogP contribution in [0.5, 0.6) is 5.75 Å². The Hall–Kier alpha value is -1.55. The summed E-state index contributed by atoms with van der Waals surface area (Å²) in [6.45, 7) is 0.563. The Morgan fingerprint density at radius 3 is 2.68 bits per heavy atom. The molecule has 0 aliphatic heterocycles. The zero-order chi connectivity index (χ0) is 13.7. The van der Waals surface area contributed by atoms with Crippen LogP contribution in [-0.2, 0) is 11.3 Å². The molecule has 3 nitrogen and oxygen atoms in total. The number of nitrogens with one attached hydrogen (secondary N) is 1. The number of alkyl halides is 1. The van der Waals surface area contributed by atoms with Crippen LogP contribution in [0.1, 0.15) is 12.0 Å². The summed E-state index contributed by atoms with van der Waals surface area (Å²) in [5, 5.41) is 5.86. The minimum atomic E-state index is 0.0618. The van der Waals surface area contributed by atoms with Gasteiger partial charge >= 0.3 is 0 Å². The second kappa shape index (κ2) is 6.57. The summed E-state index contributed by atoms with van der Waals surface area (Å²) in [4.78, 5) is 11.4. The molecule has 0 aromatic heterocycles. The zero-order valence-electron chi connectivity index (χ0n) is 10.8. The normalized spacial score (nSPS) is 10.4. The lowest BCUT2D eigenvalue weighted by molar-refractivity contribution is -0.120. The maximum absolute atomic E-state index is 11.4. The van der Waals surface area contributed by atoms with Crippen LogP contribution < -0.4 is 10.1 Å². The van der Waals surface area contributed by atoms with Gasteiger partial charge in [-0.1, -0.05) is 34.1 Å². The van der Waals surface area contributed by atoms with E-state index in [-0.39, 0.29) is 5.91 Å². The highest BCUT2D eigenvalue weighted by atomic mass is 79.9. The number of amides is 1. The van der Waals surface area contributed by atoms with Crippen molar-refractivity contribution in [1.82, 2.24) is 5.32 Å². The van der Waals surface area contributed by atoms with Gasteiger partial charge in [0.15, 0.2) is 0 Å². The van der Waals surface area contributed by atoms with E-state index in [1.165, 1.54) is 0 Å². The van der Waals surface area contributed by atoms with E-state index < -0.39 is 0 Å². The first-order valence-corrected chi connectivity index (χ1v) is 7.24. The summed E-state index contributed by atoms with van der Waals surface area (Å²) in [6.07, 6.45) is 0.505. The quantitative estimate of drug-likeness (QED) is 0.858. The van der Waals surface area contributed by atoms with E-state index in [9.17, 15) is 4.79 Å². The highest BCUT2D eigenvalue weighted by molar-refractivity contribution is 9.09. The zero-order valence-corrected chi connectivity index (χ0v) is 12.4. The van der Waals surface area contributed by atoms with Crippen LogP contribution in [0.4, 0.5) is 0 Å². The third-order valence-corrected chi connectivity index (χ3v) is 3.32. The summed E-state index contributed by atoms with van der Waals surface area (Å²) in [5.74, 6) is 0.914. The maximum atomic E-state index is 11.4. The SMILES string of the molecule is COc1ccc2cc(CNC(=O)CCBr)ccc2c1. The van der Waals surface area contributed by atoms with E-state index in [4.69, 9.17) is 4.74 Å². The van der Waals surface area contributed by atoms with Crippen molar-refractivity contribution in [3.05, 3.63) is 42.0 Å². The average Bonchev–Trinajstić information content (AvgIpc) is 2.44. The number of fused-ring (bicyclic) bond motifs is 1. The van der Waals surface area contributed by atoms with E-state index in [0.29, 0.717) is 18.3 Å². The van der Waals surface area contributed by atoms with Crippen molar-refractivity contribution in [2.75, 3.05) is 12.4 Å². The van der Waals surface area contributed by atoms with Gasteiger partial charge < -0.3 is 10.1 Å². The number of ether oxygens (including phenoxy) is 1. The van der Waals surface area contributed by atoms with Crippen LogP contribution in [0.15, 0.2) is 36.4 Å². The highest BCUT2D eigenvalue weighted by Gasteiger charge is 2.02. The predicted octanol–water partition coefficient (Wildman–Crippen LogP) is 3.25. The Bertz CT molecular complexity index is 583. The summed E-state index contributed by atoms with van der Waals surface area (Å²) >= 11 is 3.25. The molecule has 2 aromatic carbocycles. The number of halogens is 1. The van der Waals surface area contributed by atoms with Crippen LogP contribution in [-0.4, -0.2) is 18.3 Å². The van der Waals surface area contributed by atoms with Gasteiger partial charge in [0.05, 0.1) is 7.11 Å². The fourth-order valence-electron chi connectivity index (χ4n) is 1.89. The predicted molar refractivity (Wildman–Crippen MR) is 80.8 cm³/mol. The number of methoxy groups -OCH3 is 1. The monoisotopic (exact) mass is 321 g/mol. The average molecular weight is 322 g/mol. The Labute approximate surface area is 121 Å². The van der Waals surface area contributed by atoms with E-state index >= 15 is 0 Å². The number of hydrogen-bond donors (Lipinski definition) is 1. The second-order valence-corrected chi connectivity index (χ2v) is 5.06. The molecule has 0 bridgehead atoms. The van der Waals surface area contributed by atoms with E-state index in [0.717, 1.165) is 22.1 Å². The first kappa shape index (κ1) is 13.9. The van der Waals surface area contributed by atoms with Gasteiger partial charge in [-0.2, -0.15) is 0 Å². The number of hydrogen-bond acceptors (Lipinski definition) is 2. The molecule has 0 aliphatic carbocycles. The molecule has 2 rings (SSSR count). The molecular formula is C15H16BrNO2. The maximum Gasteiger partial charge on any atom is 0.221 e. The van der Waals surface area contributed by atoms with Gasteiger partial charge in [0.2, 0.25) is 5.91 Å². The standard InChI is InChI=1S/C15H16BrNO2/c1-19-14-5-4-12-8-11(2-3-13(12)9-14)10-17-15(18)6-7-16/h2-5,8-9H,6-7,10H2,1H3,(H,17,18). The molecule has 0 saturated carbocycles. The molecule has 0 spiro atoms. The van der Waals surface area contributed by atoms with Crippen LogP contribution in [0.2, 0.25) is 0 Å². The van der Waals surface area contributed by atoms with E-state index in [1.807, 2.05) is 30.3 Å². The fourth-order valence-corrected chi connectivity index (χ4v) is 2.25. The van der Waals surface area contributed by atoms with Crippen molar-refractivity contribution in [2.24, 2.45) is 0 Å². The van der Waals surface area contributed by atoms with Crippen LogP contribution in [0, 0.1) is 0 Å². The third-order valence-electron chi connectivity index (χ3n) is 2.92. The molecule has 1 N–H and O–H groups in total. The topological polar surface area (TPSA) is 38.3 Å². The number of benzene rings is 2. The molecule has 1 amide bonds. The molecule has 0 unspecified atom stereocenters. The van der Waals surface area contributed by atoms with Crippen molar-refractivity contribution >= 4 is 32.6 Å². The lowest BCUT2D eigenvalue weighted by atomic mass is 10.1. The minimum Gasteiger partial charge on any atom is -0.497 e. The second-order valence-electron chi connectivity index (χ2n) is 4.26. The largest absolute Gasteiger partial charge is 0.497 e. The Balaban J connectivity index is 2.11. The summed E-state index contributed by atoms with van der Waals surface area (Å²) in [6, 6.07) is 12.1. The molecule has 0 fully saturated rings. The van der Waals surface area contributed by atoms with Crippen LogP contribution >= 0.6 is 15.9 Å². The molecule has 0 heterocycles. The molecule has 0 saturated heterocycles. The molecule has 0 atom stereocenters. The van der Waals surface area contributed by atoms with Gasteiger partial charge in [-0.05, 0) is 34.5 Å². The van der Waals surface area contributed by atoms with Gasteiger partial charge in [0, 0.05) is 18.3 Å². The Morgan fingerprint density at radius 1 is 1.21 bits per heavy atom. The Kier molecular flexibility index (Phi) is 4.80. The molecule has 2 aromatic rings. The first-order chi connectivity index (χ1) is 9.22. The smallest absolute Gasteiger partial charge is 0.221 e. The van der Waals surface area contributed by atoms with Gasteiger partial charge in [-0.25, -0.2) is 0 Å². The lowest BCUT2D eigenvalue weighted by Gasteiger charge is -2.07. The molecule has 100 valence electrons. The molecule has 0 radical (unpaired) electrons. The summed E-state index contributed by atoms with van der Waals surface area (Å²) in [7, 11) is 1.66. The van der Waals surface area contributed by atoms with Gasteiger partial charge in [0.1, 0.15) is 5.75 Å². The van der Waals surface area contributed by atoms with Gasteiger partial charge in [-0.15, -0.1) is 0 Å². The number of carbonyl (C=O) groups excluding carboxylic acids is 1. The van der Waals surface area contributed by atoms with Gasteiger partial charge in [-0.3, -0.25) is 4.79 Å². The van der Waals surface area contributed by atoms with E-state index in [2.05, 4.69) is 27.3 Å². The van der Waals surface area contributed by atoms with Crippen molar-refractivity contribution in [1.29, 1.82) is 0 Å². The van der Waals surface area contributed by atoms with Crippen LogP contribution in [0.3, 0.4) is 0 Å². The first-order valence-electron chi connectivity index (χ1n) is 6.12. The minimum absolute atomic E-state index is 0.0618. The molecule has 19 heavy (non-hydrogen) atoms. The summed E-state index contributed by atoms with van der Waals surface area (Å²) < 4.78 is 5.20. The van der Waals surface area contributed by atoms with Crippen molar-refractivity contribution in [3.63, 3.8) is 0 Å².